The van der Waals surface area contributed by atoms with E-state index in [1.165, 1.54) is 0 Å². The smallest absolute Gasteiger partial charge is 0.341 e. The maximum Gasteiger partial charge on any atom is 0.341 e. The van der Waals surface area contributed by atoms with Gasteiger partial charge in [-0.3, -0.25) is 0 Å². The maximum absolute atomic E-state index is 13.6. The lowest BCUT2D eigenvalue weighted by molar-refractivity contribution is 0.0683. The minimum atomic E-state index is -2.21. The summed E-state index contributed by atoms with van der Waals surface area (Å²) >= 11 is 0. The molecule has 1 aromatic heterocycles. The lowest BCUT2D eigenvalue weighted by Crippen LogP contribution is -2.13. The van der Waals surface area contributed by atoms with Crippen LogP contribution in [0.1, 0.15) is 10.4 Å². The summed E-state index contributed by atoms with van der Waals surface area (Å²) in [6, 6.07) is -2.09. The van der Waals surface area contributed by atoms with Crippen molar-refractivity contribution in [2.75, 3.05) is 5.32 Å². The second kappa shape index (κ2) is 5.31. The Balaban J connectivity index is 2.59. The number of halogens is 4. The van der Waals surface area contributed by atoms with Crippen molar-refractivity contribution in [3.05, 3.63) is 28.8 Å². The molecule has 1 aromatic carbocycles. The molecule has 8 nitrogen and oxygen atoms in total. The Morgan fingerprint density at radius 1 is 0.864 bits per heavy atom. The molecule has 0 amide bonds. The Labute approximate surface area is 117 Å². The maximum atomic E-state index is 13.6. The van der Waals surface area contributed by atoms with E-state index in [4.69, 9.17) is 15.3 Å². The van der Waals surface area contributed by atoms with Gasteiger partial charge in [0.15, 0.2) is 23.3 Å². The summed E-state index contributed by atoms with van der Waals surface area (Å²) in [5, 5.41) is 28.1. The molecule has 1 heterocycles. The summed E-state index contributed by atoms with van der Waals surface area (Å²) in [6.07, 6.45) is 0. The number of nitrogens with zero attached hydrogens (tertiary/aromatic N) is 3. The van der Waals surface area contributed by atoms with Crippen molar-refractivity contribution >= 4 is 17.6 Å². The zero-order chi connectivity index (χ0) is 16.6. The van der Waals surface area contributed by atoms with Gasteiger partial charge < -0.3 is 20.6 Å². The van der Waals surface area contributed by atoms with Crippen molar-refractivity contribution in [1.29, 1.82) is 0 Å². The van der Waals surface area contributed by atoms with Crippen LogP contribution in [0.25, 0.3) is 0 Å². The van der Waals surface area contributed by atoms with Crippen LogP contribution in [-0.4, -0.2) is 36.2 Å². The number of aromatic nitrogens is 3. The van der Waals surface area contributed by atoms with E-state index in [0.717, 1.165) is 0 Å². The topological polar surface area (TPSA) is 128 Å². The van der Waals surface area contributed by atoms with Gasteiger partial charge in [0, 0.05) is 0 Å². The molecular formula is C10H4F4N4O4. The van der Waals surface area contributed by atoms with E-state index in [1.54, 1.807) is 5.32 Å². The Kier molecular flexibility index (Phi) is 3.67. The molecule has 2 aromatic rings. The summed E-state index contributed by atoms with van der Waals surface area (Å²) in [5.74, 6) is -11.5. The van der Waals surface area contributed by atoms with Crippen molar-refractivity contribution in [2.24, 2.45) is 0 Å². The monoisotopic (exact) mass is 320 g/mol. The molecule has 0 bridgehead atoms. The first-order valence-corrected chi connectivity index (χ1v) is 5.22. The van der Waals surface area contributed by atoms with Gasteiger partial charge in [0.25, 0.3) is 0 Å². The predicted octanol–water partition coefficient (Wildman–Crippen LogP) is 1.28. The van der Waals surface area contributed by atoms with Crippen molar-refractivity contribution in [2.45, 2.75) is 0 Å². The van der Waals surface area contributed by atoms with Crippen LogP contribution in [0, 0.1) is 23.3 Å². The third kappa shape index (κ3) is 2.53. The number of hydrogen-bond acceptors (Lipinski definition) is 7. The molecule has 116 valence electrons. The Hall–Kier alpha value is -3.18. The van der Waals surface area contributed by atoms with Crippen LogP contribution in [0.3, 0.4) is 0 Å². The molecule has 0 saturated heterocycles. The number of hydrogen-bond donors (Lipinski definition) is 4. The molecule has 0 atom stereocenters. The van der Waals surface area contributed by atoms with Crippen molar-refractivity contribution < 1.29 is 37.7 Å². The number of nitrogens with one attached hydrogen (secondary N) is 1. The van der Waals surface area contributed by atoms with Crippen LogP contribution >= 0.6 is 0 Å². The molecular weight excluding hydrogens is 316 g/mol. The number of aromatic carboxylic acids is 1. The molecule has 0 unspecified atom stereocenters. The van der Waals surface area contributed by atoms with Crippen molar-refractivity contribution in [1.82, 2.24) is 15.0 Å². The van der Waals surface area contributed by atoms with E-state index in [-0.39, 0.29) is 0 Å². The van der Waals surface area contributed by atoms with E-state index in [2.05, 4.69) is 15.0 Å². The summed E-state index contributed by atoms with van der Waals surface area (Å²) in [5.41, 5.74) is -3.27. The van der Waals surface area contributed by atoms with Gasteiger partial charge in [0.2, 0.25) is 5.95 Å². The quantitative estimate of drug-likeness (QED) is 0.492. The average molecular weight is 320 g/mol. The normalized spacial score (nSPS) is 10.5. The summed E-state index contributed by atoms with van der Waals surface area (Å²) < 4.78 is 54.2. The van der Waals surface area contributed by atoms with Gasteiger partial charge in [-0.1, -0.05) is 0 Å². The highest BCUT2D eigenvalue weighted by Crippen LogP contribution is 2.30. The lowest BCUT2D eigenvalue weighted by atomic mass is 10.1. The highest BCUT2D eigenvalue weighted by atomic mass is 19.2. The number of carboxylic acids is 1. The van der Waals surface area contributed by atoms with Gasteiger partial charge in [0.1, 0.15) is 11.3 Å². The second-order valence-corrected chi connectivity index (χ2v) is 3.70. The first kappa shape index (κ1) is 15.2. The largest absolute Gasteiger partial charge is 0.479 e. The Bertz CT molecular complexity index is 737. The van der Waals surface area contributed by atoms with E-state index in [9.17, 15) is 22.4 Å². The molecule has 12 heteroatoms. The number of benzene rings is 1. The zero-order valence-corrected chi connectivity index (χ0v) is 10.1. The van der Waals surface area contributed by atoms with Crippen LogP contribution in [-0.2, 0) is 0 Å². The molecule has 0 aliphatic heterocycles. The number of rotatable bonds is 3. The lowest BCUT2D eigenvalue weighted by Gasteiger charge is -2.10. The first-order chi connectivity index (χ1) is 10.2. The van der Waals surface area contributed by atoms with Gasteiger partial charge >= 0.3 is 18.0 Å². The van der Waals surface area contributed by atoms with Gasteiger partial charge in [-0.25, -0.2) is 22.4 Å². The Morgan fingerprint density at radius 2 is 1.32 bits per heavy atom. The van der Waals surface area contributed by atoms with E-state index in [0.29, 0.717) is 0 Å². The van der Waals surface area contributed by atoms with Crippen LogP contribution in [0.15, 0.2) is 0 Å². The molecule has 2 rings (SSSR count). The third-order valence-corrected chi connectivity index (χ3v) is 2.33. The van der Waals surface area contributed by atoms with Gasteiger partial charge in [-0.15, -0.1) is 4.98 Å². The minimum Gasteiger partial charge on any atom is -0.479 e. The SMILES string of the molecule is O=C(O)c1c(F)c(F)c(Nc2nc(O)nc(O)n2)c(F)c1F. The molecule has 0 aliphatic rings. The number of anilines is 2. The van der Waals surface area contributed by atoms with Crippen molar-refractivity contribution in [3.63, 3.8) is 0 Å². The van der Waals surface area contributed by atoms with Gasteiger partial charge in [-0.2, -0.15) is 9.97 Å². The molecule has 0 saturated carbocycles. The summed E-state index contributed by atoms with van der Waals surface area (Å²) in [7, 11) is 0. The molecule has 0 radical (unpaired) electrons. The fourth-order valence-electron chi connectivity index (χ4n) is 1.45. The van der Waals surface area contributed by atoms with Crippen LogP contribution in [0.5, 0.6) is 12.0 Å². The molecule has 0 fully saturated rings. The fourth-order valence-corrected chi connectivity index (χ4v) is 1.45. The average Bonchev–Trinajstić information content (AvgIpc) is 2.40. The standard InChI is InChI=1S/C10H4F4N4O4/c11-2-1(7(19)20)3(12)5(14)6(4(2)13)15-8-16-9(21)18-10(22)17-8/h(H,19,20)(H3,15,16,17,18,21,22). The number of aromatic hydroxyl groups is 2. The molecule has 4 N–H and O–H groups in total. The van der Waals surface area contributed by atoms with E-state index in [1.807, 2.05) is 0 Å². The molecule has 0 spiro atoms. The fraction of sp³-hybridized carbons (Fsp3) is 0. The second-order valence-electron chi connectivity index (χ2n) is 3.70. The van der Waals surface area contributed by atoms with Crippen LogP contribution in [0.2, 0.25) is 0 Å². The van der Waals surface area contributed by atoms with Crippen LogP contribution < -0.4 is 5.32 Å². The van der Waals surface area contributed by atoms with Crippen LogP contribution in [0.4, 0.5) is 29.2 Å². The first-order valence-electron chi connectivity index (χ1n) is 5.22. The summed E-state index contributed by atoms with van der Waals surface area (Å²) in [4.78, 5) is 19.7. The number of carbonyl (C=O) groups is 1. The molecule has 22 heavy (non-hydrogen) atoms. The predicted molar refractivity (Wildman–Crippen MR) is 59.7 cm³/mol. The van der Waals surface area contributed by atoms with Gasteiger partial charge in [0.05, 0.1) is 0 Å². The Morgan fingerprint density at radius 3 is 1.73 bits per heavy atom. The van der Waals surface area contributed by atoms with E-state index < -0.39 is 58.5 Å². The number of carboxylic acid groups (broad SMARTS) is 1. The highest BCUT2D eigenvalue weighted by molar-refractivity contribution is 5.89. The minimum absolute atomic E-state index is 0.843. The summed E-state index contributed by atoms with van der Waals surface area (Å²) in [6.45, 7) is 0. The molecule has 0 aliphatic carbocycles. The third-order valence-electron chi connectivity index (χ3n) is 2.33. The van der Waals surface area contributed by atoms with E-state index >= 15 is 0 Å². The van der Waals surface area contributed by atoms with Gasteiger partial charge in [-0.05, 0) is 0 Å². The zero-order valence-electron chi connectivity index (χ0n) is 10.1. The highest BCUT2D eigenvalue weighted by Gasteiger charge is 2.29. The van der Waals surface area contributed by atoms with Crippen molar-refractivity contribution in [3.8, 4) is 12.0 Å².